The summed E-state index contributed by atoms with van der Waals surface area (Å²) >= 11 is 0. The topological polar surface area (TPSA) is 12.5 Å². The van der Waals surface area contributed by atoms with Gasteiger partial charge in [-0.15, -0.1) is 0 Å². The molecule has 0 saturated carbocycles. The molecule has 0 N–H and O–H groups in total. The fraction of sp³-hybridized carbons (Fsp3) is 0.600. The quantitative estimate of drug-likeness (QED) is 0.762. The second-order valence-electron chi connectivity index (χ2n) is 5.08. The molecule has 0 atom stereocenters. The van der Waals surface area contributed by atoms with Crippen molar-refractivity contribution in [3.05, 3.63) is 34.9 Å². The number of rotatable bonds is 5. The number of hydrogen-bond acceptors (Lipinski definition) is 2. The summed E-state index contributed by atoms with van der Waals surface area (Å²) in [4.78, 5) is 2.36. The lowest BCUT2D eigenvalue weighted by atomic mass is 10.0. The van der Waals surface area contributed by atoms with Crippen molar-refractivity contribution < 1.29 is 13.5 Å². The molecule has 4 heteroatoms. The Kier molecular flexibility index (Phi) is 5.28. The highest BCUT2D eigenvalue weighted by Gasteiger charge is 2.12. The summed E-state index contributed by atoms with van der Waals surface area (Å²) in [6, 6.07) is 3.35. The van der Waals surface area contributed by atoms with E-state index in [0.717, 1.165) is 45.7 Å². The lowest BCUT2D eigenvalue weighted by molar-refractivity contribution is 0.0372. The predicted octanol–water partition coefficient (Wildman–Crippen LogP) is 2.93. The molecule has 0 spiro atoms. The minimum atomic E-state index is -0.703. The van der Waals surface area contributed by atoms with E-state index in [-0.39, 0.29) is 0 Å². The average Bonchev–Trinajstić information content (AvgIpc) is 2.44. The number of benzene rings is 1. The Bertz CT molecular complexity index is 417. The van der Waals surface area contributed by atoms with Gasteiger partial charge in [-0.05, 0) is 43.9 Å². The number of halogens is 2. The lowest BCUT2D eigenvalue weighted by Crippen LogP contribution is -2.36. The van der Waals surface area contributed by atoms with E-state index in [1.165, 1.54) is 0 Å². The summed E-state index contributed by atoms with van der Waals surface area (Å²) in [7, 11) is 0. The van der Waals surface area contributed by atoms with Gasteiger partial charge in [-0.1, -0.05) is 12.1 Å². The van der Waals surface area contributed by atoms with E-state index in [1.54, 1.807) is 19.1 Å². The van der Waals surface area contributed by atoms with Crippen LogP contribution in [0.3, 0.4) is 0 Å². The number of aryl methyl sites for hydroxylation is 2. The minimum Gasteiger partial charge on any atom is -0.379 e. The van der Waals surface area contributed by atoms with E-state index in [4.69, 9.17) is 4.74 Å². The number of unbranched alkanes of at least 4 members (excludes halogenated alkanes) is 1. The second kappa shape index (κ2) is 6.96. The van der Waals surface area contributed by atoms with Crippen molar-refractivity contribution >= 4 is 0 Å². The zero-order chi connectivity index (χ0) is 13.7. The summed E-state index contributed by atoms with van der Waals surface area (Å²) in [5.74, 6) is -1.38. The third-order valence-electron chi connectivity index (χ3n) is 3.63. The van der Waals surface area contributed by atoms with Gasteiger partial charge in [-0.2, -0.15) is 0 Å². The maximum Gasteiger partial charge on any atom is 0.162 e. The van der Waals surface area contributed by atoms with Gasteiger partial charge in [-0.25, -0.2) is 8.78 Å². The molecule has 0 aliphatic carbocycles. The largest absolute Gasteiger partial charge is 0.379 e. The number of ether oxygens (including phenoxy) is 1. The highest BCUT2D eigenvalue weighted by Crippen LogP contribution is 2.17. The van der Waals surface area contributed by atoms with Crippen LogP contribution in [-0.4, -0.2) is 37.7 Å². The zero-order valence-corrected chi connectivity index (χ0v) is 11.4. The van der Waals surface area contributed by atoms with E-state index >= 15 is 0 Å². The highest BCUT2D eigenvalue weighted by molar-refractivity contribution is 5.25. The van der Waals surface area contributed by atoms with Crippen LogP contribution in [0.5, 0.6) is 0 Å². The molecule has 19 heavy (non-hydrogen) atoms. The van der Waals surface area contributed by atoms with Gasteiger partial charge in [-0.3, -0.25) is 4.90 Å². The van der Waals surface area contributed by atoms with Crippen LogP contribution < -0.4 is 0 Å². The molecule has 0 amide bonds. The van der Waals surface area contributed by atoms with Crippen LogP contribution in [0.4, 0.5) is 8.78 Å². The second-order valence-corrected chi connectivity index (χ2v) is 5.08. The molecule has 1 heterocycles. The number of hydrogen-bond donors (Lipinski definition) is 0. The molecule has 1 aromatic rings. The van der Waals surface area contributed by atoms with Crippen LogP contribution in [0.25, 0.3) is 0 Å². The molecule has 0 bridgehead atoms. The summed E-state index contributed by atoms with van der Waals surface area (Å²) in [5, 5.41) is 0. The monoisotopic (exact) mass is 269 g/mol. The molecule has 0 radical (unpaired) electrons. The van der Waals surface area contributed by atoms with Crippen molar-refractivity contribution in [3.8, 4) is 0 Å². The molecule has 1 saturated heterocycles. The van der Waals surface area contributed by atoms with Crippen LogP contribution in [0, 0.1) is 18.6 Å². The normalized spacial score (nSPS) is 16.8. The minimum absolute atomic E-state index is 0.370. The van der Waals surface area contributed by atoms with Crippen LogP contribution in [0.2, 0.25) is 0 Å². The molecule has 2 nitrogen and oxygen atoms in total. The maximum absolute atomic E-state index is 13.6. The summed E-state index contributed by atoms with van der Waals surface area (Å²) in [5.41, 5.74) is 0.861. The first-order chi connectivity index (χ1) is 9.18. The first-order valence-electron chi connectivity index (χ1n) is 6.92. The smallest absolute Gasteiger partial charge is 0.162 e. The Balaban J connectivity index is 1.75. The van der Waals surface area contributed by atoms with Crippen LogP contribution in [-0.2, 0) is 11.2 Å². The van der Waals surface area contributed by atoms with Gasteiger partial charge in [0.05, 0.1) is 13.2 Å². The number of morpholine rings is 1. The van der Waals surface area contributed by atoms with E-state index in [0.29, 0.717) is 17.5 Å². The average molecular weight is 269 g/mol. The molecule has 1 aliphatic heterocycles. The van der Waals surface area contributed by atoms with Crippen molar-refractivity contribution in [2.24, 2.45) is 0 Å². The maximum atomic E-state index is 13.6. The summed E-state index contributed by atoms with van der Waals surface area (Å²) in [6.07, 6.45) is 2.50. The molecular formula is C15H21F2NO. The Morgan fingerprint density at radius 2 is 1.84 bits per heavy atom. The van der Waals surface area contributed by atoms with Gasteiger partial charge in [0.15, 0.2) is 11.6 Å². The SMILES string of the molecule is Cc1ccc(CCCCN2CCOCC2)c(F)c1F. The Hall–Kier alpha value is -1.00. The van der Waals surface area contributed by atoms with Crippen molar-refractivity contribution in [2.45, 2.75) is 26.2 Å². The van der Waals surface area contributed by atoms with E-state index in [2.05, 4.69) is 4.90 Å². The predicted molar refractivity (Wildman–Crippen MR) is 71.3 cm³/mol. The van der Waals surface area contributed by atoms with Crippen molar-refractivity contribution in [1.82, 2.24) is 4.90 Å². The Morgan fingerprint density at radius 3 is 2.58 bits per heavy atom. The molecule has 1 aromatic carbocycles. The van der Waals surface area contributed by atoms with Gasteiger partial charge in [0.25, 0.3) is 0 Å². The van der Waals surface area contributed by atoms with Crippen molar-refractivity contribution in [2.75, 3.05) is 32.8 Å². The zero-order valence-electron chi connectivity index (χ0n) is 11.4. The molecule has 0 aromatic heterocycles. The molecule has 106 valence electrons. The van der Waals surface area contributed by atoms with Crippen LogP contribution in [0.1, 0.15) is 24.0 Å². The lowest BCUT2D eigenvalue weighted by Gasteiger charge is -2.26. The van der Waals surface area contributed by atoms with Gasteiger partial charge in [0.2, 0.25) is 0 Å². The Morgan fingerprint density at radius 1 is 1.11 bits per heavy atom. The fourth-order valence-electron chi connectivity index (χ4n) is 2.35. The van der Waals surface area contributed by atoms with Crippen molar-refractivity contribution in [3.63, 3.8) is 0 Å². The van der Waals surface area contributed by atoms with E-state index in [1.807, 2.05) is 0 Å². The molecule has 1 aliphatic rings. The van der Waals surface area contributed by atoms with E-state index in [9.17, 15) is 8.78 Å². The molecule has 1 fully saturated rings. The van der Waals surface area contributed by atoms with Crippen molar-refractivity contribution in [1.29, 1.82) is 0 Å². The van der Waals surface area contributed by atoms with Gasteiger partial charge in [0.1, 0.15) is 0 Å². The third kappa shape index (κ3) is 3.98. The standard InChI is InChI=1S/C15H21F2NO/c1-12-5-6-13(15(17)14(12)16)4-2-3-7-18-8-10-19-11-9-18/h5-6H,2-4,7-11H2,1H3. The van der Waals surface area contributed by atoms with Gasteiger partial charge in [0, 0.05) is 13.1 Å². The first kappa shape index (κ1) is 14.4. The highest BCUT2D eigenvalue weighted by atomic mass is 19.2. The molecule has 2 rings (SSSR count). The first-order valence-corrected chi connectivity index (χ1v) is 6.92. The fourth-order valence-corrected chi connectivity index (χ4v) is 2.35. The van der Waals surface area contributed by atoms with Crippen LogP contribution in [0.15, 0.2) is 12.1 Å². The van der Waals surface area contributed by atoms with Gasteiger partial charge >= 0.3 is 0 Å². The van der Waals surface area contributed by atoms with E-state index < -0.39 is 11.6 Å². The molecule has 0 unspecified atom stereocenters. The summed E-state index contributed by atoms with van der Waals surface area (Å²) < 4.78 is 32.3. The van der Waals surface area contributed by atoms with Crippen LogP contribution >= 0.6 is 0 Å². The summed E-state index contributed by atoms with van der Waals surface area (Å²) in [6.45, 7) is 6.16. The molecular weight excluding hydrogens is 248 g/mol. The van der Waals surface area contributed by atoms with Gasteiger partial charge < -0.3 is 4.74 Å². The Labute approximate surface area is 113 Å². The third-order valence-corrected chi connectivity index (χ3v) is 3.63. The number of nitrogens with zero attached hydrogens (tertiary/aromatic N) is 1.